The lowest BCUT2D eigenvalue weighted by Gasteiger charge is -2.37. The van der Waals surface area contributed by atoms with Crippen molar-refractivity contribution in [3.63, 3.8) is 0 Å². The molecule has 38 heavy (non-hydrogen) atoms. The Morgan fingerprint density at radius 2 is 1.68 bits per heavy atom. The predicted molar refractivity (Wildman–Crippen MR) is 148 cm³/mol. The van der Waals surface area contributed by atoms with Crippen molar-refractivity contribution in [2.75, 3.05) is 49.5 Å². The third-order valence-electron chi connectivity index (χ3n) is 7.10. The number of piperazine rings is 1. The molecular formula is C29H39N5O4. The van der Waals surface area contributed by atoms with Crippen LogP contribution in [0.3, 0.4) is 0 Å². The summed E-state index contributed by atoms with van der Waals surface area (Å²) in [6.07, 6.45) is 5.46. The highest BCUT2D eigenvalue weighted by atomic mass is 16.5. The lowest BCUT2D eigenvalue weighted by Crippen LogP contribution is -2.46. The van der Waals surface area contributed by atoms with Crippen molar-refractivity contribution in [3.05, 3.63) is 59.7 Å². The molecule has 9 heteroatoms. The van der Waals surface area contributed by atoms with Crippen molar-refractivity contribution in [1.82, 2.24) is 15.5 Å². The second kappa shape index (κ2) is 13.8. The highest BCUT2D eigenvalue weighted by molar-refractivity contribution is 6.02. The summed E-state index contributed by atoms with van der Waals surface area (Å²) in [4.78, 5) is 42.0. The molecule has 3 N–H and O–H groups in total. The van der Waals surface area contributed by atoms with Gasteiger partial charge in [-0.3, -0.25) is 14.5 Å². The fourth-order valence-corrected chi connectivity index (χ4v) is 5.11. The van der Waals surface area contributed by atoms with Gasteiger partial charge in [-0.25, -0.2) is 4.79 Å². The molecule has 2 aromatic carbocycles. The van der Waals surface area contributed by atoms with Gasteiger partial charge >= 0.3 is 12.0 Å². The van der Waals surface area contributed by atoms with E-state index in [0.29, 0.717) is 11.3 Å². The predicted octanol–water partition coefficient (Wildman–Crippen LogP) is 3.76. The number of anilines is 2. The molecular weight excluding hydrogens is 482 g/mol. The maximum absolute atomic E-state index is 13.5. The molecule has 0 aromatic heterocycles. The lowest BCUT2D eigenvalue weighted by molar-refractivity contribution is -0.141. The van der Waals surface area contributed by atoms with Gasteiger partial charge in [0.2, 0.25) is 0 Å². The van der Waals surface area contributed by atoms with Crippen LogP contribution < -0.4 is 20.9 Å². The van der Waals surface area contributed by atoms with Crippen LogP contribution in [-0.2, 0) is 16.1 Å². The van der Waals surface area contributed by atoms with E-state index in [2.05, 4.69) is 50.0 Å². The molecule has 0 bridgehead atoms. The lowest BCUT2D eigenvalue weighted by atomic mass is 9.95. The van der Waals surface area contributed by atoms with E-state index in [1.54, 1.807) is 19.1 Å². The number of urea groups is 1. The first-order valence-corrected chi connectivity index (χ1v) is 13.7. The molecule has 1 aliphatic carbocycles. The first-order chi connectivity index (χ1) is 18.5. The van der Waals surface area contributed by atoms with Gasteiger partial charge in [-0.15, -0.1) is 0 Å². The van der Waals surface area contributed by atoms with Crippen LogP contribution in [0, 0.1) is 0 Å². The van der Waals surface area contributed by atoms with E-state index in [-0.39, 0.29) is 25.1 Å². The number of amides is 3. The Bertz CT molecular complexity index is 1080. The minimum Gasteiger partial charge on any atom is -0.465 e. The molecule has 2 aliphatic rings. The highest BCUT2D eigenvalue weighted by Crippen LogP contribution is 2.27. The van der Waals surface area contributed by atoms with Gasteiger partial charge in [-0.05, 0) is 43.5 Å². The highest BCUT2D eigenvalue weighted by Gasteiger charge is 2.24. The average molecular weight is 522 g/mol. The van der Waals surface area contributed by atoms with Gasteiger partial charge in [0, 0.05) is 50.1 Å². The molecule has 0 unspecified atom stereocenters. The zero-order valence-electron chi connectivity index (χ0n) is 22.2. The number of ether oxygens (including phenoxy) is 1. The molecule has 1 saturated heterocycles. The van der Waals surface area contributed by atoms with Crippen molar-refractivity contribution in [2.24, 2.45) is 0 Å². The van der Waals surface area contributed by atoms with Crippen molar-refractivity contribution >= 4 is 29.3 Å². The number of hydrogen-bond donors (Lipinski definition) is 3. The molecule has 4 rings (SSSR count). The molecule has 2 fully saturated rings. The van der Waals surface area contributed by atoms with E-state index in [0.717, 1.165) is 64.1 Å². The summed E-state index contributed by atoms with van der Waals surface area (Å²) in [6, 6.07) is 15.5. The summed E-state index contributed by atoms with van der Waals surface area (Å²) >= 11 is 0. The number of carbonyl (C=O) groups excluding carboxylic acids is 3. The van der Waals surface area contributed by atoms with Crippen molar-refractivity contribution < 1.29 is 19.1 Å². The molecule has 1 aliphatic heterocycles. The number of esters is 1. The van der Waals surface area contributed by atoms with Gasteiger partial charge in [0.1, 0.15) is 6.54 Å². The van der Waals surface area contributed by atoms with Crippen LogP contribution in [0.5, 0.6) is 0 Å². The van der Waals surface area contributed by atoms with Crippen LogP contribution in [0.15, 0.2) is 48.5 Å². The first-order valence-electron chi connectivity index (χ1n) is 13.7. The molecule has 0 atom stereocenters. The summed E-state index contributed by atoms with van der Waals surface area (Å²) in [5, 5.41) is 8.46. The number of rotatable bonds is 9. The topological polar surface area (TPSA) is 103 Å². The van der Waals surface area contributed by atoms with E-state index in [4.69, 9.17) is 4.74 Å². The van der Waals surface area contributed by atoms with E-state index in [1.165, 1.54) is 12.0 Å². The third-order valence-corrected chi connectivity index (χ3v) is 7.10. The fourth-order valence-electron chi connectivity index (χ4n) is 5.11. The molecule has 3 amide bonds. The van der Waals surface area contributed by atoms with Gasteiger partial charge in [-0.2, -0.15) is 0 Å². The largest absolute Gasteiger partial charge is 0.465 e. The van der Waals surface area contributed by atoms with Crippen molar-refractivity contribution in [1.29, 1.82) is 0 Å². The molecule has 204 valence electrons. The first kappa shape index (κ1) is 27.4. The Hall–Kier alpha value is -3.59. The third kappa shape index (κ3) is 7.95. The monoisotopic (exact) mass is 521 g/mol. The standard InChI is InChI=1S/C29H39N5O4/c1-2-38-27(35)20-30-29(37)32-24-13-14-26(25(19-24)28(36)31-23-11-7-4-8-12-23)34-17-15-33(16-18-34)21-22-9-5-3-6-10-22/h3,5-6,9-10,13-14,19,23H,2,4,7-8,11-12,15-18,20-21H2,1H3,(H,31,36)(H2,30,32,37). The number of benzene rings is 2. The Morgan fingerprint density at radius 3 is 2.39 bits per heavy atom. The van der Waals surface area contributed by atoms with E-state index >= 15 is 0 Å². The van der Waals surface area contributed by atoms with E-state index in [1.807, 2.05) is 12.1 Å². The van der Waals surface area contributed by atoms with Crippen molar-refractivity contribution in [3.8, 4) is 0 Å². The second-order valence-corrected chi connectivity index (χ2v) is 9.90. The number of nitrogens with one attached hydrogen (secondary N) is 3. The molecule has 0 radical (unpaired) electrons. The van der Waals surface area contributed by atoms with Crippen LogP contribution in [0.25, 0.3) is 0 Å². The summed E-state index contributed by atoms with van der Waals surface area (Å²) in [6.45, 7) is 6.07. The average Bonchev–Trinajstić information content (AvgIpc) is 2.94. The van der Waals surface area contributed by atoms with Crippen LogP contribution in [-0.4, -0.2) is 68.2 Å². The quantitative estimate of drug-likeness (QED) is 0.435. The molecule has 1 saturated carbocycles. The van der Waals surface area contributed by atoms with Crippen LogP contribution in [0.4, 0.5) is 16.2 Å². The van der Waals surface area contributed by atoms with Crippen molar-refractivity contribution in [2.45, 2.75) is 51.6 Å². The van der Waals surface area contributed by atoms with E-state index in [9.17, 15) is 14.4 Å². The summed E-state index contributed by atoms with van der Waals surface area (Å²) in [5.41, 5.74) is 3.21. The van der Waals surface area contributed by atoms with Gasteiger partial charge in [0.15, 0.2) is 0 Å². The van der Waals surface area contributed by atoms with E-state index < -0.39 is 12.0 Å². The van der Waals surface area contributed by atoms with Gasteiger partial charge < -0.3 is 25.6 Å². The normalized spacial score (nSPS) is 16.5. The number of carbonyl (C=O) groups is 3. The Balaban J connectivity index is 1.44. The van der Waals surface area contributed by atoms with Crippen LogP contribution in [0.2, 0.25) is 0 Å². The smallest absolute Gasteiger partial charge is 0.325 e. The number of nitrogens with zero attached hydrogens (tertiary/aromatic N) is 2. The number of hydrogen-bond acceptors (Lipinski definition) is 6. The maximum Gasteiger partial charge on any atom is 0.325 e. The zero-order chi connectivity index (χ0) is 26.7. The second-order valence-electron chi connectivity index (χ2n) is 9.90. The molecule has 2 aromatic rings. The zero-order valence-corrected chi connectivity index (χ0v) is 22.2. The molecule has 9 nitrogen and oxygen atoms in total. The minimum atomic E-state index is -0.529. The summed E-state index contributed by atoms with van der Waals surface area (Å²) in [7, 11) is 0. The molecule has 0 spiro atoms. The fraction of sp³-hybridized carbons (Fsp3) is 0.483. The van der Waals surface area contributed by atoms with Gasteiger partial charge in [0.05, 0.1) is 12.2 Å². The maximum atomic E-state index is 13.5. The Morgan fingerprint density at radius 1 is 0.947 bits per heavy atom. The summed E-state index contributed by atoms with van der Waals surface area (Å²) in [5.74, 6) is -0.619. The Kier molecular flexibility index (Phi) is 9.97. The summed E-state index contributed by atoms with van der Waals surface area (Å²) < 4.78 is 4.85. The molecule has 1 heterocycles. The van der Waals surface area contributed by atoms with Gasteiger partial charge in [0.25, 0.3) is 5.91 Å². The Labute approximate surface area is 224 Å². The SMILES string of the molecule is CCOC(=O)CNC(=O)Nc1ccc(N2CCN(Cc3ccccc3)CC2)c(C(=O)NC2CCCCC2)c1. The minimum absolute atomic E-state index is 0.116. The van der Waals surface area contributed by atoms with Gasteiger partial charge in [-0.1, -0.05) is 49.6 Å². The van der Waals surface area contributed by atoms with Crippen LogP contribution in [0.1, 0.15) is 54.9 Å². The van der Waals surface area contributed by atoms with Crippen LogP contribution >= 0.6 is 0 Å².